The minimum absolute atomic E-state index is 0.105. The Bertz CT molecular complexity index is 700. The molecule has 5 nitrogen and oxygen atoms in total. The van der Waals surface area contributed by atoms with Crippen molar-refractivity contribution in [1.82, 2.24) is 0 Å². The number of amides is 1. The summed E-state index contributed by atoms with van der Waals surface area (Å²) in [5, 5.41) is 12.0. The molecule has 0 aliphatic rings. The molecule has 0 saturated heterocycles. The first-order valence-corrected chi connectivity index (χ1v) is 7.35. The number of ether oxygens (including phenoxy) is 1. The minimum Gasteiger partial charge on any atom is -0.449 e. The van der Waals surface area contributed by atoms with Crippen molar-refractivity contribution in [2.24, 2.45) is 0 Å². The Kier molecular flexibility index (Phi) is 5.73. The van der Waals surface area contributed by atoms with Gasteiger partial charge in [-0.05, 0) is 36.8 Å². The zero-order valence-corrected chi connectivity index (χ0v) is 13.2. The summed E-state index contributed by atoms with van der Waals surface area (Å²) in [6.07, 6.45) is -0.976. The number of para-hydroxylation sites is 1. The maximum atomic E-state index is 12.1. The summed E-state index contributed by atoms with van der Waals surface area (Å²) in [6, 6.07) is 13.1. The number of rotatable bonds is 5. The molecule has 2 aromatic carbocycles. The Balaban J connectivity index is 1.97. The van der Waals surface area contributed by atoms with Crippen LogP contribution in [-0.4, -0.2) is 23.1 Å². The highest BCUT2D eigenvalue weighted by atomic mass is 35.5. The molecule has 0 aliphatic heterocycles. The number of aliphatic hydroxyl groups is 1. The minimum atomic E-state index is -0.976. The van der Waals surface area contributed by atoms with Crippen LogP contribution in [0.1, 0.15) is 22.8 Å². The van der Waals surface area contributed by atoms with Crippen molar-refractivity contribution in [1.29, 1.82) is 0 Å². The summed E-state index contributed by atoms with van der Waals surface area (Å²) in [5.41, 5.74) is 1.44. The van der Waals surface area contributed by atoms with Gasteiger partial charge in [0, 0.05) is 0 Å². The first-order chi connectivity index (χ1) is 11.0. The number of hydrogen-bond acceptors (Lipinski definition) is 4. The van der Waals surface area contributed by atoms with E-state index in [1.165, 1.54) is 19.1 Å². The number of benzene rings is 2. The summed E-state index contributed by atoms with van der Waals surface area (Å²) in [4.78, 5) is 24.0. The van der Waals surface area contributed by atoms with Crippen LogP contribution in [0.15, 0.2) is 48.5 Å². The number of hydrogen-bond donors (Lipinski definition) is 2. The molecule has 1 atom stereocenters. The second-order valence-corrected chi connectivity index (χ2v) is 5.28. The van der Waals surface area contributed by atoms with Crippen LogP contribution >= 0.6 is 11.6 Å². The topological polar surface area (TPSA) is 75.6 Å². The van der Waals surface area contributed by atoms with Crippen LogP contribution < -0.4 is 5.32 Å². The third-order valence-corrected chi connectivity index (χ3v) is 3.49. The molecule has 120 valence electrons. The molecule has 1 amide bonds. The lowest BCUT2D eigenvalue weighted by Gasteiger charge is -2.14. The van der Waals surface area contributed by atoms with E-state index in [1.54, 1.807) is 36.4 Å². The van der Waals surface area contributed by atoms with E-state index in [0.29, 0.717) is 21.8 Å². The van der Waals surface area contributed by atoms with Gasteiger partial charge in [0.15, 0.2) is 6.10 Å². The average molecular weight is 334 g/mol. The van der Waals surface area contributed by atoms with Gasteiger partial charge in [-0.2, -0.15) is 0 Å². The van der Waals surface area contributed by atoms with Gasteiger partial charge in [0.05, 0.1) is 22.9 Å². The van der Waals surface area contributed by atoms with E-state index in [0.717, 1.165) is 0 Å². The summed E-state index contributed by atoms with van der Waals surface area (Å²) < 4.78 is 5.13. The molecule has 0 spiro atoms. The summed E-state index contributed by atoms with van der Waals surface area (Å²) in [6.45, 7) is 1.37. The van der Waals surface area contributed by atoms with Gasteiger partial charge in [-0.15, -0.1) is 0 Å². The van der Waals surface area contributed by atoms with Crippen molar-refractivity contribution < 1.29 is 19.4 Å². The predicted molar refractivity (Wildman–Crippen MR) is 87.3 cm³/mol. The van der Waals surface area contributed by atoms with E-state index >= 15 is 0 Å². The van der Waals surface area contributed by atoms with Crippen molar-refractivity contribution in [3.8, 4) is 0 Å². The standard InChI is InChI=1S/C17H16ClNO4/c1-11(16(21)19-15-5-3-2-4-14(15)18)23-17(22)13-8-6-12(10-20)7-9-13/h2-9,11,20H,10H2,1H3,(H,19,21)/t11-/m0/s1. The highest BCUT2D eigenvalue weighted by Crippen LogP contribution is 2.20. The number of aliphatic hydroxyl groups excluding tert-OH is 1. The lowest BCUT2D eigenvalue weighted by molar-refractivity contribution is -0.123. The molecular formula is C17H16ClNO4. The number of carbonyl (C=O) groups excluding carboxylic acids is 2. The molecule has 0 radical (unpaired) electrons. The fourth-order valence-corrected chi connectivity index (χ4v) is 2.01. The lowest BCUT2D eigenvalue weighted by Crippen LogP contribution is -2.30. The number of carbonyl (C=O) groups is 2. The van der Waals surface area contributed by atoms with Crippen molar-refractivity contribution in [3.05, 3.63) is 64.7 Å². The van der Waals surface area contributed by atoms with Crippen LogP contribution in [-0.2, 0) is 16.1 Å². The molecule has 23 heavy (non-hydrogen) atoms. The number of esters is 1. The van der Waals surface area contributed by atoms with E-state index < -0.39 is 18.0 Å². The van der Waals surface area contributed by atoms with E-state index in [-0.39, 0.29) is 6.61 Å². The van der Waals surface area contributed by atoms with Gasteiger partial charge < -0.3 is 15.2 Å². The fraction of sp³-hybridized carbons (Fsp3) is 0.176. The molecule has 0 aromatic heterocycles. The Morgan fingerprint density at radius 1 is 1.17 bits per heavy atom. The summed E-state index contributed by atoms with van der Waals surface area (Å²) in [7, 11) is 0. The van der Waals surface area contributed by atoms with Gasteiger partial charge in [0.1, 0.15) is 0 Å². The Morgan fingerprint density at radius 2 is 1.83 bits per heavy atom. The molecule has 0 saturated carbocycles. The van der Waals surface area contributed by atoms with E-state index in [1.807, 2.05) is 0 Å². The Hall–Kier alpha value is -2.37. The Morgan fingerprint density at radius 3 is 2.43 bits per heavy atom. The third-order valence-electron chi connectivity index (χ3n) is 3.16. The van der Waals surface area contributed by atoms with Crippen LogP contribution in [0.3, 0.4) is 0 Å². The highest BCUT2D eigenvalue weighted by molar-refractivity contribution is 6.33. The van der Waals surface area contributed by atoms with Gasteiger partial charge in [-0.3, -0.25) is 4.79 Å². The maximum Gasteiger partial charge on any atom is 0.338 e. The monoisotopic (exact) mass is 333 g/mol. The third kappa shape index (κ3) is 4.55. The second-order valence-electron chi connectivity index (χ2n) is 4.87. The smallest absolute Gasteiger partial charge is 0.338 e. The molecule has 0 aliphatic carbocycles. The SMILES string of the molecule is C[C@H](OC(=O)c1ccc(CO)cc1)C(=O)Nc1ccccc1Cl. The fourth-order valence-electron chi connectivity index (χ4n) is 1.83. The quantitative estimate of drug-likeness (QED) is 0.825. The largest absolute Gasteiger partial charge is 0.449 e. The molecule has 6 heteroatoms. The van der Waals surface area contributed by atoms with Crippen LogP contribution in [0.25, 0.3) is 0 Å². The molecular weight excluding hydrogens is 318 g/mol. The molecule has 2 aromatic rings. The number of halogens is 1. The van der Waals surface area contributed by atoms with E-state index in [4.69, 9.17) is 21.4 Å². The van der Waals surface area contributed by atoms with E-state index in [9.17, 15) is 9.59 Å². The summed E-state index contributed by atoms with van der Waals surface area (Å²) >= 11 is 5.96. The highest BCUT2D eigenvalue weighted by Gasteiger charge is 2.19. The van der Waals surface area contributed by atoms with Gasteiger partial charge in [-0.1, -0.05) is 35.9 Å². The molecule has 0 bridgehead atoms. The molecule has 0 unspecified atom stereocenters. The molecule has 0 heterocycles. The average Bonchev–Trinajstić information content (AvgIpc) is 2.56. The second kappa shape index (κ2) is 7.76. The van der Waals surface area contributed by atoms with Crippen molar-refractivity contribution >= 4 is 29.2 Å². The first-order valence-electron chi connectivity index (χ1n) is 6.97. The van der Waals surface area contributed by atoms with Gasteiger partial charge >= 0.3 is 5.97 Å². The first kappa shape index (κ1) is 17.0. The van der Waals surface area contributed by atoms with Crippen molar-refractivity contribution in [3.63, 3.8) is 0 Å². The van der Waals surface area contributed by atoms with Crippen LogP contribution in [0, 0.1) is 0 Å². The number of nitrogens with one attached hydrogen (secondary N) is 1. The van der Waals surface area contributed by atoms with E-state index in [2.05, 4.69) is 5.32 Å². The Labute approximate surface area is 138 Å². The lowest BCUT2D eigenvalue weighted by atomic mass is 10.1. The number of anilines is 1. The molecule has 0 fully saturated rings. The van der Waals surface area contributed by atoms with Crippen molar-refractivity contribution in [2.45, 2.75) is 19.6 Å². The summed E-state index contributed by atoms with van der Waals surface area (Å²) in [5.74, 6) is -1.09. The molecule has 2 rings (SSSR count). The van der Waals surface area contributed by atoms with Crippen molar-refractivity contribution in [2.75, 3.05) is 5.32 Å². The van der Waals surface area contributed by atoms with Crippen LogP contribution in [0.5, 0.6) is 0 Å². The zero-order chi connectivity index (χ0) is 16.8. The zero-order valence-electron chi connectivity index (χ0n) is 12.5. The normalized spacial score (nSPS) is 11.6. The predicted octanol–water partition coefficient (Wildman–Crippen LogP) is 3.02. The maximum absolute atomic E-state index is 12.1. The van der Waals surface area contributed by atoms with Gasteiger partial charge in [0.25, 0.3) is 5.91 Å². The molecule has 2 N–H and O–H groups in total. The van der Waals surface area contributed by atoms with Crippen LogP contribution in [0.4, 0.5) is 5.69 Å². The van der Waals surface area contributed by atoms with Crippen LogP contribution in [0.2, 0.25) is 5.02 Å². The van der Waals surface area contributed by atoms with Gasteiger partial charge in [-0.25, -0.2) is 4.79 Å². The van der Waals surface area contributed by atoms with Gasteiger partial charge in [0.2, 0.25) is 0 Å².